The highest BCUT2D eigenvalue weighted by Gasteiger charge is 2.19. The average molecular weight is 284 g/mol. The molecule has 0 radical (unpaired) electrons. The molecular formula is C14H18ClNO3. The molecule has 0 fully saturated rings. The normalized spacial score (nSPS) is 10.5. The van der Waals surface area contributed by atoms with Gasteiger partial charge in [-0.25, -0.2) is 0 Å². The van der Waals surface area contributed by atoms with Gasteiger partial charge >= 0.3 is 5.97 Å². The van der Waals surface area contributed by atoms with Gasteiger partial charge in [0.2, 0.25) is 5.91 Å². The number of carboxylic acids is 1. The van der Waals surface area contributed by atoms with Crippen molar-refractivity contribution < 1.29 is 14.7 Å². The molecule has 4 nitrogen and oxygen atoms in total. The van der Waals surface area contributed by atoms with Gasteiger partial charge in [0.1, 0.15) is 6.54 Å². The highest BCUT2D eigenvalue weighted by Crippen LogP contribution is 2.21. The Morgan fingerprint density at radius 3 is 2.58 bits per heavy atom. The van der Waals surface area contributed by atoms with Gasteiger partial charge in [0, 0.05) is 17.1 Å². The van der Waals surface area contributed by atoms with E-state index in [0.717, 1.165) is 6.42 Å². The second-order valence-electron chi connectivity index (χ2n) is 4.79. The fourth-order valence-corrected chi connectivity index (χ4v) is 1.83. The zero-order valence-corrected chi connectivity index (χ0v) is 11.9. The molecule has 1 rings (SSSR count). The highest BCUT2D eigenvalue weighted by atomic mass is 35.5. The third-order valence-electron chi connectivity index (χ3n) is 2.65. The number of rotatable bonds is 6. The summed E-state index contributed by atoms with van der Waals surface area (Å²) >= 11 is 5.87. The smallest absolute Gasteiger partial charge is 0.323 e. The molecule has 0 aliphatic carbocycles. The number of hydrogen-bond donors (Lipinski definition) is 1. The fraction of sp³-hybridized carbons (Fsp3) is 0.429. The van der Waals surface area contributed by atoms with Crippen LogP contribution in [0.2, 0.25) is 5.02 Å². The molecule has 0 unspecified atom stereocenters. The third kappa shape index (κ3) is 5.30. The summed E-state index contributed by atoms with van der Waals surface area (Å²) < 4.78 is 0. The molecule has 0 saturated heterocycles. The van der Waals surface area contributed by atoms with Gasteiger partial charge in [-0.2, -0.15) is 0 Å². The standard InChI is InChI=1S/C14H18ClNO3/c1-10(2)6-7-13(17)16(9-14(18)19)12-5-3-4-11(15)8-12/h3-5,8,10H,6-7,9H2,1-2H3,(H,18,19). The van der Waals surface area contributed by atoms with Crippen LogP contribution < -0.4 is 4.90 Å². The lowest BCUT2D eigenvalue weighted by Crippen LogP contribution is -2.35. The maximum atomic E-state index is 12.1. The van der Waals surface area contributed by atoms with Crippen molar-refractivity contribution in [3.63, 3.8) is 0 Å². The number of benzene rings is 1. The van der Waals surface area contributed by atoms with Crippen molar-refractivity contribution >= 4 is 29.2 Å². The minimum absolute atomic E-state index is 0.196. The van der Waals surface area contributed by atoms with Crippen LogP contribution in [0, 0.1) is 5.92 Å². The number of carboxylic acid groups (broad SMARTS) is 1. The summed E-state index contributed by atoms with van der Waals surface area (Å²) in [6.45, 7) is 3.69. The quantitative estimate of drug-likeness (QED) is 0.872. The van der Waals surface area contributed by atoms with E-state index in [1.165, 1.54) is 4.90 Å². The average Bonchev–Trinajstić information content (AvgIpc) is 2.32. The van der Waals surface area contributed by atoms with Crippen LogP contribution in [-0.4, -0.2) is 23.5 Å². The molecule has 1 aromatic carbocycles. The molecule has 0 atom stereocenters. The molecule has 0 aromatic heterocycles. The molecule has 0 saturated carbocycles. The van der Waals surface area contributed by atoms with Gasteiger partial charge in [0.25, 0.3) is 0 Å². The summed E-state index contributed by atoms with van der Waals surface area (Å²) in [5.74, 6) is -0.841. The summed E-state index contributed by atoms with van der Waals surface area (Å²) in [6, 6.07) is 6.66. The van der Waals surface area contributed by atoms with Crippen molar-refractivity contribution in [1.29, 1.82) is 0 Å². The molecule has 104 valence electrons. The van der Waals surface area contributed by atoms with E-state index in [0.29, 0.717) is 23.0 Å². The van der Waals surface area contributed by atoms with Gasteiger partial charge in [-0.05, 0) is 30.5 Å². The number of carbonyl (C=O) groups excluding carboxylic acids is 1. The van der Waals surface area contributed by atoms with Crippen molar-refractivity contribution in [2.24, 2.45) is 5.92 Å². The summed E-state index contributed by atoms with van der Waals surface area (Å²) in [5.41, 5.74) is 0.517. The van der Waals surface area contributed by atoms with Gasteiger partial charge in [0.05, 0.1) is 0 Å². The Labute approximate surface area is 118 Å². The lowest BCUT2D eigenvalue weighted by atomic mass is 10.1. The molecule has 1 amide bonds. The monoisotopic (exact) mass is 283 g/mol. The summed E-state index contributed by atoms with van der Waals surface area (Å²) in [4.78, 5) is 24.3. The van der Waals surface area contributed by atoms with E-state index in [4.69, 9.17) is 16.7 Å². The Morgan fingerprint density at radius 2 is 2.05 bits per heavy atom. The molecule has 1 aromatic rings. The van der Waals surface area contributed by atoms with Crippen LogP contribution in [0.1, 0.15) is 26.7 Å². The third-order valence-corrected chi connectivity index (χ3v) is 2.88. The van der Waals surface area contributed by atoms with Crippen LogP contribution in [0.25, 0.3) is 0 Å². The van der Waals surface area contributed by atoms with Crippen molar-refractivity contribution in [1.82, 2.24) is 0 Å². The molecular weight excluding hydrogens is 266 g/mol. The second-order valence-corrected chi connectivity index (χ2v) is 5.22. The first-order valence-electron chi connectivity index (χ1n) is 6.18. The van der Waals surface area contributed by atoms with Gasteiger partial charge in [-0.15, -0.1) is 0 Å². The van der Waals surface area contributed by atoms with Crippen LogP contribution in [0.4, 0.5) is 5.69 Å². The fourth-order valence-electron chi connectivity index (χ4n) is 1.65. The number of hydrogen-bond acceptors (Lipinski definition) is 2. The van der Waals surface area contributed by atoms with Crippen LogP contribution in [-0.2, 0) is 9.59 Å². The van der Waals surface area contributed by atoms with E-state index in [-0.39, 0.29) is 12.5 Å². The first-order valence-corrected chi connectivity index (χ1v) is 6.55. The first-order chi connectivity index (χ1) is 8.90. The second kappa shape index (κ2) is 7.14. The number of halogens is 1. The molecule has 1 N–H and O–H groups in total. The Bertz CT molecular complexity index is 460. The van der Waals surface area contributed by atoms with Crippen molar-refractivity contribution in [2.45, 2.75) is 26.7 Å². The number of anilines is 1. The minimum Gasteiger partial charge on any atom is -0.480 e. The van der Waals surface area contributed by atoms with E-state index in [1.54, 1.807) is 24.3 Å². The Hall–Kier alpha value is -1.55. The van der Waals surface area contributed by atoms with Crippen molar-refractivity contribution in [2.75, 3.05) is 11.4 Å². The number of aliphatic carboxylic acids is 1. The summed E-state index contributed by atoms with van der Waals surface area (Å²) in [5, 5.41) is 9.39. The van der Waals surface area contributed by atoms with E-state index in [2.05, 4.69) is 0 Å². The van der Waals surface area contributed by atoms with Gasteiger partial charge in [-0.3, -0.25) is 9.59 Å². The molecule has 0 heterocycles. The molecule has 0 aliphatic heterocycles. The highest BCUT2D eigenvalue weighted by molar-refractivity contribution is 6.30. The van der Waals surface area contributed by atoms with Crippen molar-refractivity contribution in [3.8, 4) is 0 Å². The maximum absolute atomic E-state index is 12.1. The summed E-state index contributed by atoms with van der Waals surface area (Å²) in [7, 11) is 0. The molecule has 5 heteroatoms. The van der Waals surface area contributed by atoms with Crippen LogP contribution in [0.15, 0.2) is 24.3 Å². The predicted octanol–water partition coefficient (Wildman–Crippen LogP) is 3.19. The Morgan fingerprint density at radius 1 is 1.37 bits per heavy atom. The van der Waals surface area contributed by atoms with Crippen LogP contribution in [0.3, 0.4) is 0 Å². The molecule has 0 aliphatic rings. The van der Waals surface area contributed by atoms with Gasteiger partial charge in [0.15, 0.2) is 0 Å². The lowest BCUT2D eigenvalue weighted by Gasteiger charge is -2.21. The number of amides is 1. The molecule has 0 bridgehead atoms. The van der Waals surface area contributed by atoms with Crippen molar-refractivity contribution in [3.05, 3.63) is 29.3 Å². The largest absolute Gasteiger partial charge is 0.480 e. The van der Waals surface area contributed by atoms with Crippen LogP contribution >= 0.6 is 11.6 Å². The predicted molar refractivity (Wildman–Crippen MR) is 75.5 cm³/mol. The van der Waals surface area contributed by atoms with E-state index >= 15 is 0 Å². The minimum atomic E-state index is -1.04. The van der Waals surface area contributed by atoms with Gasteiger partial charge < -0.3 is 10.0 Å². The first kappa shape index (κ1) is 15.5. The van der Waals surface area contributed by atoms with E-state index in [9.17, 15) is 9.59 Å². The zero-order valence-electron chi connectivity index (χ0n) is 11.1. The summed E-state index contributed by atoms with van der Waals surface area (Å²) in [6.07, 6.45) is 1.06. The topological polar surface area (TPSA) is 57.6 Å². The number of carbonyl (C=O) groups is 2. The molecule has 19 heavy (non-hydrogen) atoms. The van der Waals surface area contributed by atoms with Crippen LogP contribution in [0.5, 0.6) is 0 Å². The van der Waals surface area contributed by atoms with E-state index < -0.39 is 5.97 Å². The SMILES string of the molecule is CC(C)CCC(=O)N(CC(=O)O)c1cccc(Cl)c1. The Balaban J connectivity index is 2.88. The zero-order chi connectivity index (χ0) is 14.4. The lowest BCUT2D eigenvalue weighted by molar-refractivity contribution is -0.136. The maximum Gasteiger partial charge on any atom is 0.323 e. The Kier molecular flexibility index (Phi) is 5.83. The van der Waals surface area contributed by atoms with Gasteiger partial charge in [-0.1, -0.05) is 31.5 Å². The van der Waals surface area contributed by atoms with E-state index in [1.807, 2.05) is 13.8 Å². The molecule has 0 spiro atoms. The number of nitrogens with zero attached hydrogens (tertiary/aromatic N) is 1.